The number of rotatable bonds is 5. The summed E-state index contributed by atoms with van der Waals surface area (Å²) in [5, 5.41) is 14.0. The van der Waals surface area contributed by atoms with E-state index >= 15 is 0 Å². The fourth-order valence-electron chi connectivity index (χ4n) is 2.92. The average molecular weight is 433 g/mol. The van der Waals surface area contributed by atoms with Gasteiger partial charge in [-0.05, 0) is 42.0 Å². The lowest BCUT2D eigenvalue weighted by Crippen LogP contribution is -2.41. The SMILES string of the molecule is Cc1ccc(OCc2nc(C(=O)NNC(=O)c3cc4ccccc4cc3O)cs2)cc1. The largest absolute Gasteiger partial charge is 0.507 e. The molecule has 31 heavy (non-hydrogen) atoms. The number of carbonyl (C=O) groups is 2. The molecule has 0 bridgehead atoms. The summed E-state index contributed by atoms with van der Waals surface area (Å²) in [5.41, 5.74) is 5.99. The molecule has 3 aromatic carbocycles. The molecule has 7 nitrogen and oxygen atoms in total. The number of fused-ring (bicyclic) bond motifs is 1. The molecule has 0 radical (unpaired) electrons. The van der Waals surface area contributed by atoms with Crippen LogP contribution in [0, 0.1) is 6.92 Å². The van der Waals surface area contributed by atoms with Crippen molar-refractivity contribution in [3.63, 3.8) is 0 Å². The summed E-state index contributed by atoms with van der Waals surface area (Å²) in [7, 11) is 0. The number of hydrogen-bond acceptors (Lipinski definition) is 6. The Morgan fingerprint density at radius 3 is 2.42 bits per heavy atom. The van der Waals surface area contributed by atoms with Crippen molar-refractivity contribution >= 4 is 33.9 Å². The van der Waals surface area contributed by atoms with Gasteiger partial charge in [-0.15, -0.1) is 11.3 Å². The van der Waals surface area contributed by atoms with Gasteiger partial charge in [0.1, 0.15) is 28.8 Å². The first-order valence-corrected chi connectivity index (χ1v) is 10.3. The van der Waals surface area contributed by atoms with Crippen LogP contribution in [-0.4, -0.2) is 21.9 Å². The van der Waals surface area contributed by atoms with Crippen LogP contribution in [0.15, 0.2) is 66.0 Å². The highest BCUT2D eigenvalue weighted by Gasteiger charge is 2.16. The van der Waals surface area contributed by atoms with Crippen LogP contribution < -0.4 is 15.6 Å². The minimum Gasteiger partial charge on any atom is -0.507 e. The van der Waals surface area contributed by atoms with E-state index < -0.39 is 11.8 Å². The Morgan fingerprint density at radius 2 is 1.68 bits per heavy atom. The number of amides is 2. The summed E-state index contributed by atoms with van der Waals surface area (Å²) >= 11 is 1.29. The second-order valence-corrected chi connectivity index (χ2v) is 7.80. The third-order valence-corrected chi connectivity index (χ3v) is 5.39. The lowest BCUT2D eigenvalue weighted by Gasteiger charge is -2.09. The fraction of sp³-hybridized carbons (Fsp3) is 0.0870. The van der Waals surface area contributed by atoms with E-state index in [1.54, 1.807) is 11.4 Å². The summed E-state index contributed by atoms with van der Waals surface area (Å²) < 4.78 is 5.66. The van der Waals surface area contributed by atoms with E-state index in [0.717, 1.165) is 16.3 Å². The Balaban J connectivity index is 1.35. The van der Waals surface area contributed by atoms with Crippen LogP contribution in [0.2, 0.25) is 0 Å². The lowest BCUT2D eigenvalue weighted by molar-refractivity contribution is 0.0842. The molecule has 0 saturated heterocycles. The third-order valence-electron chi connectivity index (χ3n) is 4.57. The van der Waals surface area contributed by atoms with Gasteiger partial charge in [0.2, 0.25) is 0 Å². The Kier molecular flexibility index (Phi) is 5.81. The topological polar surface area (TPSA) is 101 Å². The van der Waals surface area contributed by atoms with E-state index in [-0.39, 0.29) is 23.6 Å². The van der Waals surface area contributed by atoms with E-state index in [9.17, 15) is 14.7 Å². The van der Waals surface area contributed by atoms with Crippen molar-refractivity contribution in [2.45, 2.75) is 13.5 Å². The zero-order chi connectivity index (χ0) is 21.8. The maximum absolute atomic E-state index is 12.4. The molecule has 0 aliphatic carbocycles. The number of carbonyl (C=O) groups excluding carboxylic acids is 2. The van der Waals surface area contributed by atoms with Crippen molar-refractivity contribution in [1.82, 2.24) is 15.8 Å². The van der Waals surface area contributed by atoms with Crippen molar-refractivity contribution in [1.29, 1.82) is 0 Å². The number of hydrazine groups is 1. The molecule has 2 amide bonds. The number of phenols is 1. The maximum Gasteiger partial charge on any atom is 0.289 e. The van der Waals surface area contributed by atoms with Crippen LogP contribution >= 0.6 is 11.3 Å². The lowest BCUT2D eigenvalue weighted by atomic mass is 10.1. The first-order chi connectivity index (χ1) is 15.0. The molecule has 4 rings (SSSR count). The van der Waals surface area contributed by atoms with Gasteiger partial charge >= 0.3 is 0 Å². The number of aryl methyl sites for hydroxylation is 1. The number of thiazole rings is 1. The van der Waals surface area contributed by atoms with E-state index in [4.69, 9.17) is 4.74 Å². The number of aromatic hydroxyl groups is 1. The minimum atomic E-state index is -0.630. The monoisotopic (exact) mass is 433 g/mol. The summed E-state index contributed by atoms with van der Waals surface area (Å²) in [6.07, 6.45) is 0. The number of nitrogens with zero attached hydrogens (tertiary/aromatic N) is 1. The maximum atomic E-state index is 12.4. The molecule has 0 spiro atoms. The predicted octanol–water partition coefficient (Wildman–Crippen LogP) is 3.96. The molecule has 0 unspecified atom stereocenters. The number of benzene rings is 3. The molecule has 1 aromatic heterocycles. The van der Waals surface area contributed by atoms with Gasteiger partial charge in [0.15, 0.2) is 0 Å². The zero-order valence-electron chi connectivity index (χ0n) is 16.6. The highest BCUT2D eigenvalue weighted by Crippen LogP contribution is 2.24. The summed E-state index contributed by atoms with van der Waals surface area (Å²) in [4.78, 5) is 29.0. The molecule has 0 aliphatic rings. The predicted molar refractivity (Wildman–Crippen MR) is 118 cm³/mol. The molecule has 4 aromatic rings. The highest BCUT2D eigenvalue weighted by atomic mass is 32.1. The molecule has 0 aliphatic heterocycles. The van der Waals surface area contributed by atoms with E-state index in [2.05, 4.69) is 15.8 Å². The van der Waals surface area contributed by atoms with Gasteiger partial charge < -0.3 is 9.84 Å². The van der Waals surface area contributed by atoms with E-state index in [0.29, 0.717) is 10.8 Å². The first kappa shape index (κ1) is 20.4. The number of phenolic OH excluding ortho intramolecular Hbond substituents is 1. The molecule has 0 atom stereocenters. The number of nitrogens with one attached hydrogen (secondary N) is 2. The number of aromatic nitrogens is 1. The summed E-state index contributed by atoms with van der Waals surface area (Å²) in [5.74, 6) is -0.648. The van der Waals surface area contributed by atoms with Crippen molar-refractivity contribution in [2.24, 2.45) is 0 Å². The normalized spacial score (nSPS) is 10.6. The van der Waals surface area contributed by atoms with Gasteiger partial charge in [0, 0.05) is 5.38 Å². The van der Waals surface area contributed by atoms with E-state index in [1.807, 2.05) is 55.5 Å². The van der Waals surface area contributed by atoms with Crippen molar-refractivity contribution in [3.8, 4) is 11.5 Å². The van der Waals surface area contributed by atoms with Crippen LogP contribution in [-0.2, 0) is 6.61 Å². The Labute approximate surface area is 182 Å². The quantitative estimate of drug-likeness (QED) is 0.414. The Bertz CT molecular complexity index is 1250. The number of hydrogen-bond donors (Lipinski definition) is 3. The molecular formula is C23H19N3O4S. The summed E-state index contributed by atoms with van der Waals surface area (Å²) in [6, 6.07) is 18.1. The molecule has 156 valence electrons. The summed E-state index contributed by atoms with van der Waals surface area (Å²) in [6.45, 7) is 2.23. The van der Waals surface area contributed by atoms with Gasteiger partial charge in [0.05, 0.1) is 5.56 Å². The van der Waals surface area contributed by atoms with Crippen LogP contribution in [0.3, 0.4) is 0 Å². The second kappa shape index (κ2) is 8.85. The van der Waals surface area contributed by atoms with Crippen molar-refractivity contribution in [2.75, 3.05) is 0 Å². The first-order valence-electron chi connectivity index (χ1n) is 9.46. The molecule has 3 N–H and O–H groups in total. The van der Waals surface area contributed by atoms with Crippen molar-refractivity contribution in [3.05, 3.63) is 87.9 Å². The van der Waals surface area contributed by atoms with Gasteiger partial charge in [-0.25, -0.2) is 4.98 Å². The van der Waals surface area contributed by atoms with Gasteiger partial charge in [-0.2, -0.15) is 0 Å². The fourth-order valence-corrected chi connectivity index (χ4v) is 3.60. The minimum absolute atomic E-state index is 0.0597. The van der Waals surface area contributed by atoms with E-state index in [1.165, 1.54) is 17.4 Å². The van der Waals surface area contributed by atoms with Crippen LogP contribution in [0.5, 0.6) is 11.5 Å². The Hall–Kier alpha value is -3.91. The average Bonchev–Trinajstić information content (AvgIpc) is 3.25. The standard InChI is InChI=1S/C23H19N3O4S/c1-14-6-8-17(9-7-14)30-12-21-24-19(13-31-21)23(29)26-25-22(28)18-10-15-4-2-3-5-16(15)11-20(18)27/h2-11,13,27H,12H2,1H3,(H,25,28)(H,26,29). The van der Waals surface area contributed by atoms with Crippen LogP contribution in [0.4, 0.5) is 0 Å². The molecule has 1 heterocycles. The van der Waals surface area contributed by atoms with Gasteiger partial charge in [-0.1, -0.05) is 42.0 Å². The highest BCUT2D eigenvalue weighted by molar-refractivity contribution is 7.09. The van der Waals surface area contributed by atoms with Gasteiger partial charge in [0.25, 0.3) is 11.8 Å². The molecule has 8 heteroatoms. The second-order valence-electron chi connectivity index (χ2n) is 6.85. The Morgan fingerprint density at radius 1 is 1.00 bits per heavy atom. The molecular weight excluding hydrogens is 414 g/mol. The van der Waals surface area contributed by atoms with Crippen LogP contribution in [0.1, 0.15) is 31.4 Å². The van der Waals surface area contributed by atoms with Crippen LogP contribution in [0.25, 0.3) is 10.8 Å². The van der Waals surface area contributed by atoms with Gasteiger partial charge in [-0.3, -0.25) is 20.4 Å². The van der Waals surface area contributed by atoms with Crippen molar-refractivity contribution < 1.29 is 19.4 Å². The smallest absolute Gasteiger partial charge is 0.289 e. The molecule has 0 saturated carbocycles. The number of ether oxygens (including phenoxy) is 1. The third kappa shape index (κ3) is 4.81. The zero-order valence-corrected chi connectivity index (χ0v) is 17.4. The molecule has 0 fully saturated rings.